The first-order chi connectivity index (χ1) is 11.0. The molecule has 2 amide bonds. The van der Waals surface area contributed by atoms with Gasteiger partial charge < -0.3 is 15.5 Å². The number of carbonyl (C=O) groups excluding carboxylic acids is 2. The Hall–Kier alpha value is -2.11. The predicted octanol–water partition coefficient (Wildman–Crippen LogP) is 2.06. The van der Waals surface area contributed by atoms with Gasteiger partial charge in [-0.25, -0.2) is 4.39 Å². The van der Waals surface area contributed by atoms with Crippen molar-refractivity contribution in [3.8, 4) is 0 Å². The fourth-order valence-corrected chi connectivity index (χ4v) is 2.70. The summed E-state index contributed by atoms with van der Waals surface area (Å²) < 4.78 is 13.2. The SMILES string of the molecule is Cc1ccc(F)cc1NCC(=O)NC(C)C(=O)N1CCCCC1. The van der Waals surface area contributed by atoms with E-state index in [1.54, 1.807) is 17.9 Å². The molecule has 1 aromatic carbocycles. The number of nitrogens with one attached hydrogen (secondary N) is 2. The van der Waals surface area contributed by atoms with Crippen LogP contribution in [0.4, 0.5) is 10.1 Å². The Bertz CT molecular complexity index is 571. The lowest BCUT2D eigenvalue weighted by Gasteiger charge is -2.29. The van der Waals surface area contributed by atoms with Crippen molar-refractivity contribution in [3.05, 3.63) is 29.6 Å². The third kappa shape index (κ3) is 4.94. The van der Waals surface area contributed by atoms with Gasteiger partial charge >= 0.3 is 0 Å². The molecule has 1 heterocycles. The van der Waals surface area contributed by atoms with E-state index in [1.807, 2.05) is 6.92 Å². The molecular formula is C17H24FN3O2. The van der Waals surface area contributed by atoms with Crippen LogP contribution in [0.25, 0.3) is 0 Å². The van der Waals surface area contributed by atoms with Gasteiger partial charge in [0, 0.05) is 18.8 Å². The molecule has 0 saturated carbocycles. The highest BCUT2D eigenvalue weighted by Gasteiger charge is 2.23. The first-order valence-corrected chi connectivity index (χ1v) is 8.05. The molecule has 6 heteroatoms. The van der Waals surface area contributed by atoms with Gasteiger partial charge in [-0.15, -0.1) is 0 Å². The Morgan fingerprint density at radius 3 is 2.65 bits per heavy atom. The van der Waals surface area contributed by atoms with E-state index < -0.39 is 6.04 Å². The number of aryl methyl sites for hydroxylation is 1. The smallest absolute Gasteiger partial charge is 0.244 e. The summed E-state index contributed by atoms with van der Waals surface area (Å²) in [7, 11) is 0. The number of nitrogens with zero attached hydrogens (tertiary/aromatic N) is 1. The molecule has 5 nitrogen and oxygen atoms in total. The van der Waals surface area contributed by atoms with E-state index >= 15 is 0 Å². The van der Waals surface area contributed by atoms with Gasteiger partial charge in [0.05, 0.1) is 6.54 Å². The minimum atomic E-state index is -0.545. The zero-order valence-electron chi connectivity index (χ0n) is 13.7. The Kier molecular flexibility index (Phi) is 5.96. The van der Waals surface area contributed by atoms with Crippen LogP contribution in [0.1, 0.15) is 31.7 Å². The topological polar surface area (TPSA) is 61.4 Å². The molecule has 0 aromatic heterocycles. The van der Waals surface area contributed by atoms with Crippen molar-refractivity contribution in [1.29, 1.82) is 0 Å². The first kappa shape index (κ1) is 17.2. The van der Waals surface area contributed by atoms with Crippen molar-refractivity contribution in [2.24, 2.45) is 0 Å². The number of benzene rings is 1. The van der Waals surface area contributed by atoms with E-state index in [-0.39, 0.29) is 24.2 Å². The quantitative estimate of drug-likeness (QED) is 0.873. The number of likely N-dealkylation sites (tertiary alicyclic amines) is 1. The van der Waals surface area contributed by atoms with E-state index in [2.05, 4.69) is 10.6 Å². The van der Waals surface area contributed by atoms with Gasteiger partial charge in [0.25, 0.3) is 0 Å². The average molecular weight is 321 g/mol. The molecule has 1 unspecified atom stereocenters. The van der Waals surface area contributed by atoms with Gasteiger partial charge in [0.1, 0.15) is 11.9 Å². The van der Waals surface area contributed by atoms with Crippen LogP contribution >= 0.6 is 0 Å². The van der Waals surface area contributed by atoms with E-state index in [4.69, 9.17) is 0 Å². The Morgan fingerprint density at radius 2 is 1.96 bits per heavy atom. The molecule has 23 heavy (non-hydrogen) atoms. The maximum Gasteiger partial charge on any atom is 0.244 e. The van der Waals surface area contributed by atoms with E-state index in [1.165, 1.54) is 12.1 Å². The molecular weight excluding hydrogens is 297 g/mol. The number of carbonyl (C=O) groups is 2. The van der Waals surface area contributed by atoms with Crippen molar-refractivity contribution in [1.82, 2.24) is 10.2 Å². The zero-order valence-corrected chi connectivity index (χ0v) is 13.7. The number of rotatable bonds is 5. The van der Waals surface area contributed by atoms with Crippen LogP contribution in [0.3, 0.4) is 0 Å². The van der Waals surface area contributed by atoms with E-state index in [0.717, 1.165) is 37.9 Å². The van der Waals surface area contributed by atoms with Crippen LogP contribution in [0.5, 0.6) is 0 Å². The molecule has 1 fully saturated rings. The lowest BCUT2D eigenvalue weighted by atomic mass is 10.1. The molecule has 2 rings (SSSR count). The van der Waals surface area contributed by atoms with Gasteiger partial charge in [-0.2, -0.15) is 0 Å². The summed E-state index contributed by atoms with van der Waals surface area (Å²) in [6.45, 7) is 5.06. The Balaban J connectivity index is 1.81. The summed E-state index contributed by atoms with van der Waals surface area (Å²) in [4.78, 5) is 26.0. The highest BCUT2D eigenvalue weighted by atomic mass is 19.1. The van der Waals surface area contributed by atoms with E-state index in [9.17, 15) is 14.0 Å². The third-order valence-corrected chi connectivity index (χ3v) is 4.05. The van der Waals surface area contributed by atoms with Crippen LogP contribution in [0.2, 0.25) is 0 Å². The standard InChI is InChI=1S/C17H24FN3O2/c1-12-6-7-14(18)10-15(12)19-11-16(22)20-13(2)17(23)21-8-4-3-5-9-21/h6-7,10,13,19H,3-5,8-9,11H2,1-2H3,(H,20,22). The van der Waals surface area contributed by atoms with Crippen molar-refractivity contribution in [3.63, 3.8) is 0 Å². The Labute approximate surface area is 136 Å². The second kappa shape index (κ2) is 7.94. The Morgan fingerprint density at radius 1 is 1.26 bits per heavy atom. The number of halogens is 1. The number of anilines is 1. The molecule has 1 aromatic rings. The van der Waals surface area contributed by atoms with Crippen molar-refractivity contribution >= 4 is 17.5 Å². The van der Waals surface area contributed by atoms with Crippen LogP contribution in [-0.2, 0) is 9.59 Å². The molecule has 0 aliphatic carbocycles. The second-order valence-electron chi connectivity index (χ2n) is 5.99. The van der Waals surface area contributed by atoms with E-state index in [0.29, 0.717) is 5.69 Å². The normalized spacial score (nSPS) is 15.9. The number of hydrogen-bond donors (Lipinski definition) is 2. The predicted molar refractivity (Wildman–Crippen MR) is 87.7 cm³/mol. The molecule has 2 N–H and O–H groups in total. The van der Waals surface area contributed by atoms with Gasteiger partial charge in [0.2, 0.25) is 11.8 Å². The highest BCUT2D eigenvalue weighted by molar-refractivity contribution is 5.89. The van der Waals surface area contributed by atoms with Gasteiger partial charge in [0.15, 0.2) is 0 Å². The monoisotopic (exact) mass is 321 g/mol. The molecule has 1 aliphatic rings. The number of piperidine rings is 1. The van der Waals surface area contributed by atoms with Crippen LogP contribution in [-0.4, -0.2) is 42.4 Å². The van der Waals surface area contributed by atoms with Gasteiger partial charge in [-0.1, -0.05) is 6.07 Å². The molecule has 1 aliphatic heterocycles. The molecule has 0 spiro atoms. The fraction of sp³-hybridized carbons (Fsp3) is 0.529. The molecule has 0 bridgehead atoms. The number of amides is 2. The summed E-state index contributed by atoms with van der Waals surface area (Å²) in [6.07, 6.45) is 3.20. The first-order valence-electron chi connectivity index (χ1n) is 8.05. The highest BCUT2D eigenvalue weighted by Crippen LogP contribution is 2.15. The summed E-state index contributed by atoms with van der Waals surface area (Å²) in [6, 6.07) is 3.83. The fourth-order valence-electron chi connectivity index (χ4n) is 2.70. The molecule has 0 radical (unpaired) electrons. The lowest BCUT2D eigenvalue weighted by molar-refractivity contribution is -0.136. The summed E-state index contributed by atoms with van der Waals surface area (Å²) in [5, 5.41) is 5.60. The molecule has 126 valence electrons. The lowest BCUT2D eigenvalue weighted by Crippen LogP contribution is -2.49. The van der Waals surface area contributed by atoms with Crippen molar-refractivity contribution < 1.29 is 14.0 Å². The summed E-state index contributed by atoms with van der Waals surface area (Å²) >= 11 is 0. The zero-order chi connectivity index (χ0) is 16.8. The molecule has 1 saturated heterocycles. The van der Waals surface area contributed by atoms with Crippen LogP contribution in [0.15, 0.2) is 18.2 Å². The summed E-state index contributed by atoms with van der Waals surface area (Å²) in [5.41, 5.74) is 1.44. The summed E-state index contributed by atoms with van der Waals surface area (Å²) in [5.74, 6) is -0.682. The average Bonchev–Trinajstić information content (AvgIpc) is 2.55. The maximum atomic E-state index is 13.2. The van der Waals surface area contributed by atoms with Gasteiger partial charge in [-0.05, 0) is 50.8 Å². The minimum absolute atomic E-state index is 0.00190. The van der Waals surface area contributed by atoms with Gasteiger partial charge in [-0.3, -0.25) is 9.59 Å². The van der Waals surface area contributed by atoms with Crippen molar-refractivity contribution in [2.75, 3.05) is 25.0 Å². The van der Waals surface area contributed by atoms with Crippen molar-refractivity contribution in [2.45, 2.75) is 39.2 Å². The van der Waals surface area contributed by atoms with Crippen LogP contribution < -0.4 is 10.6 Å². The number of hydrogen-bond acceptors (Lipinski definition) is 3. The minimum Gasteiger partial charge on any atom is -0.376 e. The third-order valence-electron chi connectivity index (χ3n) is 4.05. The molecule has 1 atom stereocenters. The largest absolute Gasteiger partial charge is 0.376 e. The van der Waals surface area contributed by atoms with Crippen LogP contribution in [0, 0.1) is 12.7 Å². The second-order valence-corrected chi connectivity index (χ2v) is 5.99. The maximum absolute atomic E-state index is 13.2.